The van der Waals surface area contributed by atoms with E-state index in [0.29, 0.717) is 30.3 Å². The van der Waals surface area contributed by atoms with Crippen LogP contribution in [0.15, 0.2) is 18.2 Å². The van der Waals surface area contributed by atoms with Crippen molar-refractivity contribution in [1.82, 2.24) is 4.90 Å². The number of piperidine rings is 1. The fourth-order valence-corrected chi connectivity index (χ4v) is 3.54. The molecule has 0 radical (unpaired) electrons. The Hall–Kier alpha value is -2.28. The van der Waals surface area contributed by atoms with Gasteiger partial charge in [0.05, 0.1) is 25.8 Å². The third-order valence-electron chi connectivity index (χ3n) is 4.89. The molecule has 25 heavy (non-hydrogen) atoms. The first-order valence-electron chi connectivity index (χ1n) is 8.59. The minimum atomic E-state index is -0.324. The zero-order chi connectivity index (χ0) is 18.0. The topological polar surface area (TPSA) is 85.1 Å². The van der Waals surface area contributed by atoms with Gasteiger partial charge in [-0.2, -0.15) is 0 Å². The van der Waals surface area contributed by atoms with Crippen LogP contribution in [0.3, 0.4) is 0 Å². The summed E-state index contributed by atoms with van der Waals surface area (Å²) in [6.07, 6.45) is 2.09. The molecule has 0 aliphatic carbocycles. The number of hydrogen-bond donors (Lipinski definition) is 1. The molecule has 7 heteroatoms. The second kappa shape index (κ2) is 7.31. The highest BCUT2D eigenvalue weighted by atomic mass is 16.5. The van der Waals surface area contributed by atoms with Crippen molar-refractivity contribution in [3.63, 3.8) is 0 Å². The lowest BCUT2D eigenvalue weighted by Gasteiger charge is -2.32. The number of nitrogens with two attached hydrogens (primary N) is 1. The third-order valence-corrected chi connectivity index (χ3v) is 4.89. The standard InChI is InChI=1S/C18H25N3O4/c1-24-15-7-14(8-16(9-15)25-2)21-10-12(6-17(21)22)18(23)20-5-3-4-13(19)11-20/h7-9,12-13H,3-6,10-11,19H2,1-2H3. The minimum absolute atomic E-state index is 0.0286. The van der Waals surface area contributed by atoms with Crippen molar-refractivity contribution < 1.29 is 19.1 Å². The maximum Gasteiger partial charge on any atom is 0.228 e. The Morgan fingerprint density at radius 2 is 1.84 bits per heavy atom. The Labute approximate surface area is 147 Å². The van der Waals surface area contributed by atoms with Crippen LogP contribution in [0, 0.1) is 5.92 Å². The zero-order valence-corrected chi connectivity index (χ0v) is 14.7. The Morgan fingerprint density at radius 3 is 2.44 bits per heavy atom. The van der Waals surface area contributed by atoms with E-state index in [9.17, 15) is 9.59 Å². The van der Waals surface area contributed by atoms with Gasteiger partial charge in [-0.05, 0) is 12.8 Å². The van der Waals surface area contributed by atoms with E-state index < -0.39 is 0 Å². The van der Waals surface area contributed by atoms with Crippen LogP contribution >= 0.6 is 0 Å². The average molecular weight is 347 g/mol. The first-order chi connectivity index (χ1) is 12.0. The lowest BCUT2D eigenvalue weighted by molar-refractivity contribution is -0.136. The van der Waals surface area contributed by atoms with Crippen LogP contribution in [-0.2, 0) is 9.59 Å². The Morgan fingerprint density at radius 1 is 1.16 bits per heavy atom. The largest absolute Gasteiger partial charge is 0.497 e. The third kappa shape index (κ3) is 3.71. The highest BCUT2D eigenvalue weighted by Gasteiger charge is 2.38. The molecule has 3 rings (SSSR count). The van der Waals surface area contributed by atoms with Gasteiger partial charge < -0.3 is 25.0 Å². The number of amides is 2. The van der Waals surface area contributed by atoms with Crippen molar-refractivity contribution in [3.05, 3.63) is 18.2 Å². The van der Waals surface area contributed by atoms with Crippen molar-refractivity contribution in [2.75, 3.05) is 38.8 Å². The Kier molecular flexibility index (Phi) is 5.13. The lowest BCUT2D eigenvalue weighted by atomic mass is 10.0. The molecular weight excluding hydrogens is 322 g/mol. The number of anilines is 1. The predicted molar refractivity (Wildman–Crippen MR) is 93.8 cm³/mol. The highest BCUT2D eigenvalue weighted by molar-refractivity contribution is 6.00. The second-order valence-corrected chi connectivity index (χ2v) is 6.66. The van der Waals surface area contributed by atoms with Crippen LogP contribution in [0.1, 0.15) is 19.3 Å². The first-order valence-corrected chi connectivity index (χ1v) is 8.59. The number of carbonyl (C=O) groups is 2. The van der Waals surface area contributed by atoms with Gasteiger partial charge in [-0.25, -0.2) is 0 Å². The van der Waals surface area contributed by atoms with E-state index in [1.807, 2.05) is 4.90 Å². The van der Waals surface area contributed by atoms with E-state index >= 15 is 0 Å². The van der Waals surface area contributed by atoms with Crippen LogP contribution in [-0.4, -0.2) is 56.6 Å². The molecule has 1 aromatic rings. The number of nitrogens with zero attached hydrogens (tertiary/aromatic N) is 2. The Bertz CT molecular complexity index is 641. The van der Waals surface area contributed by atoms with Crippen LogP contribution in [0.4, 0.5) is 5.69 Å². The summed E-state index contributed by atoms with van der Waals surface area (Å²) in [6.45, 7) is 1.68. The van der Waals surface area contributed by atoms with Gasteiger partial charge in [-0.1, -0.05) is 0 Å². The van der Waals surface area contributed by atoms with Gasteiger partial charge in [0, 0.05) is 50.3 Å². The van der Waals surface area contributed by atoms with Crippen molar-refractivity contribution in [2.45, 2.75) is 25.3 Å². The van der Waals surface area contributed by atoms with Gasteiger partial charge in [-0.15, -0.1) is 0 Å². The molecule has 7 nitrogen and oxygen atoms in total. The number of ether oxygens (including phenoxy) is 2. The van der Waals surface area contributed by atoms with Crippen molar-refractivity contribution in [3.8, 4) is 11.5 Å². The lowest BCUT2D eigenvalue weighted by Crippen LogP contribution is -2.48. The number of methoxy groups -OCH3 is 2. The molecule has 2 aliphatic rings. The van der Waals surface area contributed by atoms with Crippen molar-refractivity contribution in [1.29, 1.82) is 0 Å². The quantitative estimate of drug-likeness (QED) is 0.878. The van der Waals surface area contributed by atoms with Crippen LogP contribution in [0.2, 0.25) is 0 Å². The fourth-order valence-electron chi connectivity index (χ4n) is 3.54. The normalized spacial score (nSPS) is 23.7. The molecule has 1 aromatic carbocycles. The minimum Gasteiger partial charge on any atom is -0.497 e. The molecular formula is C18H25N3O4. The van der Waals surface area contributed by atoms with Crippen molar-refractivity contribution in [2.24, 2.45) is 11.7 Å². The summed E-state index contributed by atoms with van der Waals surface area (Å²) in [5, 5.41) is 0. The molecule has 136 valence electrons. The fraction of sp³-hybridized carbons (Fsp3) is 0.556. The van der Waals surface area contributed by atoms with Gasteiger partial charge >= 0.3 is 0 Å². The molecule has 2 unspecified atom stereocenters. The molecule has 2 heterocycles. The average Bonchev–Trinajstić information content (AvgIpc) is 3.02. The summed E-state index contributed by atoms with van der Waals surface area (Å²) in [4.78, 5) is 28.7. The second-order valence-electron chi connectivity index (χ2n) is 6.66. The molecule has 2 amide bonds. The zero-order valence-electron chi connectivity index (χ0n) is 14.7. The van der Waals surface area contributed by atoms with E-state index in [0.717, 1.165) is 19.4 Å². The maximum absolute atomic E-state index is 12.8. The predicted octanol–water partition coefficient (Wildman–Crippen LogP) is 1.01. The molecule has 0 aromatic heterocycles. The summed E-state index contributed by atoms with van der Waals surface area (Å²) < 4.78 is 10.5. The van der Waals surface area contributed by atoms with Gasteiger partial charge in [0.1, 0.15) is 11.5 Å². The summed E-state index contributed by atoms with van der Waals surface area (Å²) in [7, 11) is 3.13. The molecule has 0 spiro atoms. The monoisotopic (exact) mass is 347 g/mol. The van der Waals surface area contributed by atoms with Gasteiger partial charge in [-0.3, -0.25) is 9.59 Å². The first kappa shape index (κ1) is 17.5. The molecule has 2 N–H and O–H groups in total. The van der Waals surface area contributed by atoms with Crippen LogP contribution in [0.5, 0.6) is 11.5 Å². The number of carbonyl (C=O) groups excluding carboxylic acids is 2. The van der Waals surface area contributed by atoms with E-state index in [-0.39, 0.29) is 30.2 Å². The summed E-state index contributed by atoms with van der Waals surface area (Å²) in [6, 6.07) is 5.35. The molecule has 0 saturated carbocycles. The summed E-state index contributed by atoms with van der Waals surface area (Å²) in [5.41, 5.74) is 6.66. The number of likely N-dealkylation sites (tertiary alicyclic amines) is 1. The molecule has 0 bridgehead atoms. The van der Waals surface area contributed by atoms with Crippen LogP contribution in [0.25, 0.3) is 0 Å². The van der Waals surface area contributed by atoms with Crippen LogP contribution < -0.4 is 20.1 Å². The summed E-state index contributed by atoms with van der Waals surface area (Å²) in [5.74, 6) is 0.865. The van der Waals surface area contributed by atoms with E-state index in [1.165, 1.54) is 0 Å². The number of hydrogen-bond acceptors (Lipinski definition) is 5. The number of rotatable bonds is 4. The van der Waals surface area contributed by atoms with Gasteiger partial charge in [0.2, 0.25) is 11.8 Å². The van der Waals surface area contributed by atoms with Crippen molar-refractivity contribution >= 4 is 17.5 Å². The Balaban J connectivity index is 1.75. The smallest absolute Gasteiger partial charge is 0.228 e. The maximum atomic E-state index is 12.8. The molecule has 2 atom stereocenters. The molecule has 2 saturated heterocycles. The highest BCUT2D eigenvalue weighted by Crippen LogP contribution is 2.33. The van der Waals surface area contributed by atoms with E-state index in [4.69, 9.17) is 15.2 Å². The van der Waals surface area contributed by atoms with Gasteiger partial charge in [0.15, 0.2) is 0 Å². The number of benzene rings is 1. The van der Waals surface area contributed by atoms with Gasteiger partial charge in [0.25, 0.3) is 0 Å². The SMILES string of the molecule is COc1cc(OC)cc(N2CC(C(=O)N3CCCC(N)C3)CC2=O)c1. The van der Waals surface area contributed by atoms with E-state index in [2.05, 4.69) is 0 Å². The molecule has 2 fully saturated rings. The summed E-state index contributed by atoms with van der Waals surface area (Å²) >= 11 is 0. The van der Waals surface area contributed by atoms with E-state index in [1.54, 1.807) is 37.3 Å². The molecule has 2 aliphatic heterocycles.